The highest BCUT2D eigenvalue weighted by Gasteiger charge is 2.21. The molecule has 0 amide bonds. The predicted octanol–water partition coefficient (Wildman–Crippen LogP) is 6.78. The molecular formula is C26H28Cl2FN3O2. The molecule has 0 spiro atoms. The maximum atomic E-state index is 13.9. The van der Waals surface area contributed by atoms with Crippen LogP contribution in [-0.2, 0) is 0 Å². The number of nitrogens with zero attached hydrogens (tertiary/aromatic N) is 2. The molecule has 8 heteroatoms. The molecule has 2 aromatic carbocycles. The van der Waals surface area contributed by atoms with E-state index in [1.807, 2.05) is 24.3 Å². The predicted molar refractivity (Wildman–Crippen MR) is 135 cm³/mol. The van der Waals surface area contributed by atoms with Crippen molar-refractivity contribution in [3.05, 3.63) is 70.1 Å². The fourth-order valence-corrected chi connectivity index (χ4v) is 4.95. The number of halogens is 3. The van der Waals surface area contributed by atoms with Gasteiger partial charge in [-0.05, 0) is 75.7 Å². The summed E-state index contributed by atoms with van der Waals surface area (Å²) in [7, 11) is 2.17. The van der Waals surface area contributed by atoms with E-state index < -0.39 is 11.9 Å². The number of ether oxygens (including phenoxy) is 2. The smallest absolute Gasteiger partial charge is 0.166 e. The summed E-state index contributed by atoms with van der Waals surface area (Å²) in [6.07, 6.45) is 4.57. The highest BCUT2D eigenvalue weighted by molar-refractivity contribution is 6.36. The van der Waals surface area contributed by atoms with Crippen LogP contribution in [0.25, 0.3) is 11.1 Å². The van der Waals surface area contributed by atoms with Gasteiger partial charge in [0, 0.05) is 28.4 Å². The molecule has 3 aromatic rings. The lowest BCUT2D eigenvalue weighted by Gasteiger charge is -2.19. The van der Waals surface area contributed by atoms with E-state index in [4.69, 9.17) is 38.4 Å². The molecule has 5 nitrogen and oxygen atoms in total. The summed E-state index contributed by atoms with van der Waals surface area (Å²) in [5.74, 6) is 0.848. The molecule has 2 heterocycles. The van der Waals surface area contributed by atoms with Gasteiger partial charge in [0.15, 0.2) is 11.6 Å². The van der Waals surface area contributed by atoms with Crippen LogP contribution >= 0.6 is 23.2 Å². The zero-order valence-electron chi connectivity index (χ0n) is 19.2. The Morgan fingerprint density at radius 2 is 1.94 bits per heavy atom. The van der Waals surface area contributed by atoms with Crippen molar-refractivity contribution in [3.8, 4) is 22.6 Å². The third kappa shape index (κ3) is 5.57. The third-order valence-corrected chi connectivity index (χ3v) is 6.96. The van der Waals surface area contributed by atoms with Crippen LogP contribution in [0.5, 0.6) is 11.5 Å². The Labute approximate surface area is 209 Å². The van der Waals surface area contributed by atoms with Crippen molar-refractivity contribution < 1.29 is 13.9 Å². The molecule has 1 aliphatic heterocycles. The van der Waals surface area contributed by atoms with Crippen LogP contribution in [0.2, 0.25) is 10.0 Å². The summed E-state index contributed by atoms with van der Waals surface area (Å²) in [4.78, 5) is 6.66. The average molecular weight is 504 g/mol. The highest BCUT2D eigenvalue weighted by Crippen LogP contribution is 2.37. The molecule has 0 saturated carbocycles. The van der Waals surface area contributed by atoms with Crippen molar-refractivity contribution >= 4 is 29.0 Å². The summed E-state index contributed by atoms with van der Waals surface area (Å²) < 4.78 is 25.9. The van der Waals surface area contributed by atoms with Crippen molar-refractivity contribution in [2.45, 2.75) is 38.3 Å². The minimum atomic E-state index is -0.635. The molecule has 0 bridgehead atoms. The summed E-state index contributed by atoms with van der Waals surface area (Å²) in [6.45, 7) is 3.59. The minimum Gasteiger partial charge on any atom is -0.494 e. The van der Waals surface area contributed by atoms with E-state index in [1.54, 1.807) is 19.2 Å². The van der Waals surface area contributed by atoms with Crippen molar-refractivity contribution in [1.29, 1.82) is 0 Å². The normalized spacial score (nSPS) is 17.0. The largest absolute Gasteiger partial charge is 0.494 e. The summed E-state index contributed by atoms with van der Waals surface area (Å²) in [6, 6.07) is 12.9. The number of hydrogen-bond acceptors (Lipinski definition) is 5. The SMILES string of the molecule is CC(Oc1cc(-c2ccc(OCCC3CCCN3C)cc2)cnc1N)c1c(Cl)ccc(F)c1Cl. The second-order valence-corrected chi connectivity index (χ2v) is 9.35. The van der Waals surface area contributed by atoms with Crippen LogP contribution in [-0.4, -0.2) is 36.1 Å². The van der Waals surface area contributed by atoms with Gasteiger partial charge in [-0.25, -0.2) is 9.37 Å². The van der Waals surface area contributed by atoms with Crippen LogP contribution in [0.15, 0.2) is 48.7 Å². The molecule has 4 rings (SSSR count). The first kappa shape index (κ1) is 24.6. The summed E-state index contributed by atoms with van der Waals surface area (Å²) >= 11 is 12.4. The van der Waals surface area contributed by atoms with E-state index in [-0.39, 0.29) is 10.8 Å². The standard InChI is InChI=1S/C26H28Cl2FN3O2/c1-16(24-21(27)9-10-22(29)25(24)28)34-23-14-18(15-31-26(23)30)17-5-7-20(8-6-17)33-13-11-19-4-3-12-32(19)2/h5-10,14-16,19H,3-4,11-13H2,1-2H3,(H2,30,31). The first-order valence-corrected chi connectivity index (χ1v) is 12.1. The molecular weight excluding hydrogens is 476 g/mol. The lowest BCUT2D eigenvalue weighted by molar-refractivity contribution is 0.227. The number of aromatic nitrogens is 1. The van der Waals surface area contributed by atoms with Gasteiger partial charge in [0.1, 0.15) is 17.7 Å². The Kier molecular flexibility index (Phi) is 7.81. The van der Waals surface area contributed by atoms with Gasteiger partial charge >= 0.3 is 0 Å². The Morgan fingerprint density at radius 1 is 1.18 bits per heavy atom. The van der Waals surface area contributed by atoms with Gasteiger partial charge in [0.2, 0.25) is 0 Å². The Morgan fingerprint density at radius 3 is 2.65 bits per heavy atom. The van der Waals surface area contributed by atoms with Crippen LogP contribution in [0.4, 0.5) is 10.2 Å². The maximum absolute atomic E-state index is 13.9. The molecule has 2 unspecified atom stereocenters. The second-order valence-electron chi connectivity index (χ2n) is 8.56. The van der Waals surface area contributed by atoms with Crippen molar-refractivity contribution in [3.63, 3.8) is 0 Å². The lowest BCUT2D eigenvalue weighted by atomic mass is 10.1. The van der Waals surface area contributed by atoms with Gasteiger partial charge < -0.3 is 20.1 Å². The van der Waals surface area contributed by atoms with Gasteiger partial charge in [0.05, 0.1) is 11.6 Å². The molecule has 2 N–H and O–H groups in total. The second kappa shape index (κ2) is 10.8. The van der Waals surface area contributed by atoms with E-state index in [0.29, 0.717) is 29.0 Å². The van der Waals surface area contributed by atoms with E-state index in [2.05, 4.69) is 16.9 Å². The maximum Gasteiger partial charge on any atom is 0.166 e. The number of anilines is 1. The molecule has 2 atom stereocenters. The highest BCUT2D eigenvalue weighted by atomic mass is 35.5. The minimum absolute atomic E-state index is 0.0714. The summed E-state index contributed by atoms with van der Waals surface area (Å²) in [5.41, 5.74) is 8.17. The van der Waals surface area contributed by atoms with E-state index in [1.165, 1.54) is 31.5 Å². The Balaban J connectivity index is 1.44. The number of nitrogen functional groups attached to an aromatic ring is 1. The van der Waals surface area contributed by atoms with Gasteiger partial charge in [-0.3, -0.25) is 0 Å². The number of hydrogen-bond donors (Lipinski definition) is 1. The Hall–Kier alpha value is -2.54. The van der Waals surface area contributed by atoms with Crippen LogP contribution in [0.3, 0.4) is 0 Å². The first-order valence-electron chi connectivity index (χ1n) is 11.3. The topological polar surface area (TPSA) is 60.6 Å². The van der Waals surface area contributed by atoms with Crippen molar-refractivity contribution in [1.82, 2.24) is 9.88 Å². The quantitative estimate of drug-likeness (QED) is 0.343. The number of benzene rings is 2. The number of likely N-dealkylation sites (tertiary alicyclic amines) is 1. The van der Waals surface area contributed by atoms with Crippen molar-refractivity contribution in [2.75, 3.05) is 25.9 Å². The molecule has 1 aromatic heterocycles. The zero-order valence-corrected chi connectivity index (χ0v) is 20.7. The van der Waals surface area contributed by atoms with E-state index >= 15 is 0 Å². The molecule has 1 fully saturated rings. The molecule has 0 radical (unpaired) electrons. The first-order chi connectivity index (χ1) is 16.3. The van der Waals surface area contributed by atoms with Crippen LogP contribution in [0.1, 0.15) is 37.9 Å². The molecule has 1 saturated heterocycles. The fourth-order valence-electron chi connectivity index (χ4n) is 4.27. The molecule has 180 valence electrons. The Bertz CT molecular complexity index is 1140. The lowest BCUT2D eigenvalue weighted by Crippen LogP contribution is -2.26. The van der Waals surface area contributed by atoms with Gasteiger partial charge in [-0.2, -0.15) is 0 Å². The molecule has 0 aliphatic carbocycles. The average Bonchev–Trinajstić information content (AvgIpc) is 3.23. The van der Waals surface area contributed by atoms with Crippen LogP contribution in [0, 0.1) is 5.82 Å². The zero-order chi connectivity index (χ0) is 24.2. The number of pyridine rings is 1. The van der Waals surface area contributed by atoms with Gasteiger partial charge in [0.25, 0.3) is 0 Å². The van der Waals surface area contributed by atoms with Crippen molar-refractivity contribution in [2.24, 2.45) is 0 Å². The number of rotatable bonds is 8. The monoisotopic (exact) mass is 503 g/mol. The van der Waals surface area contributed by atoms with Crippen LogP contribution < -0.4 is 15.2 Å². The fraction of sp³-hybridized carbons (Fsp3) is 0.346. The van der Waals surface area contributed by atoms with E-state index in [9.17, 15) is 4.39 Å². The van der Waals surface area contributed by atoms with E-state index in [0.717, 1.165) is 23.3 Å². The number of nitrogens with two attached hydrogens (primary N) is 1. The van der Waals surface area contributed by atoms with Gasteiger partial charge in [-0.1, -0.05) is 35.3 Å². The molecule has 1 aliphatic rings. The summed E-state index contributed by atoms with van der Waals surface area (Å²) in [5, 5.41) is 0.245. The third-order valence-electron chi connectivity index (χ3n) is 6.25. The molecule has 34 heavy (non-hydrogen) atoms. The van der Waals surface area contributed by atoms with Gasteiger partial charge in [-0.15, -0.1) is 0 Å².